The highest BCUT2D eigenvalue weighted by Crippen LogP contribution is 2.24. The van der Waals surface area contributed by atoms with Gasteiger partial charge in [-0.2, -0.15) is 0 Å². The second kappa shape index (κ2) is 5.44. The van der Waals surface area contributed by atoms with Crippen LogP contribution in [-0.4, -0.2) is 29.5 Å². The molecule has 0 heterocycles. The van der Waals surface area contributed by atoms with Crippen LogP contribution in [0.5, 0.6) is 0 Å². The molecule has 1 rings (SSSR count). The molecule has 0 aromatic heterocycles. The average Bonchev–Trinajstić information content (AvgIpc) is 2.21. The van der Waals surface area contributed by atoms with E-state index < -0.39 is 6.10 Å². The van der Waals surface area contributed by atoms with Crippen LogP contribution in [-0.2, 0) is 0 Å². The fraction of sp³-hybridized carbons (Fsp3) is 0.400. The number of anilines is 1. The quantitative estimate of drug-likeness (QED) is 0.785. The molecule has 0 fully saturated rings. The van der Waals surface area contributed by atoms with E-state index in [1.165, 1.54) is 6.07 Å². The lowest BCUT2D eigenvalue weighted by molar-refractivity contribution is 0.105. The van der Waals surface area contributed by atoms with Crippen molar-refractivity contribution >= 4 is 21.6 Å². The van der Waals surface area contributed by atoms with Gasteiger partial charge in [0.1, 0.15) is 5.82 Å². The van der Waals surface area contributed by atoms with Crippen LogP contribution < -0.4 is 5.32 Å². The highest BCUT2D eigenvalue weighted by molar-refractivity contribution is 9.10. The van der Waals surface area contributed by atoms with Crippen LogP contribution in [0.3, 0.4) is 0 Å². The Bertz CT molecular complexity index is 346. The molecule has 5 heteroatoms. The van der Waals surface area contributed by atoms with Gasteiger partial charge in [-0.1, -0.05) is 0 Å². The van der Waals surface area contributed by atoms with Crippen LogP contribution >= 0.6 is 15.9 Å². The van der Waals surface area contributed by atoms with Crippen molar-refractivity contribution in [3.63, 3.8) is 0 Å². The summed E-state index contributed by atoms with van der Waals surface area (Å²) in [5.41, 5.74) is 1.48. The fourth-order valence-corrected chi connectivity index (χ4v) is 1.47. The maximum atomic E-state index is 13.1. The van der Waals surface area contributed by atoms with Gasteiger partial charge in [-0.25, -0.2) is 4.39 Å². The molecule has 0 radical (unpaired) electrons. The van der Waals surface area contributed by atoms with Crippen molar-refractivity contribution in [2.45, 2.75) is 13.0 Å². The molecule has 1 aromatic rings. The molecule has 0 aliphatic heterocycles. The zero-order valence-electron chi connectivity index (χ0n) is 8.30. The van der Waals surface area contributed by atoms with E-state index in [9.17, 15) is 4.39 Å². The largest absolute Gasteiger partial charge is 0.394 e. The maximum Gasteiger partial charge on any atom is 0.137 e. The number of hydrogen-bond acceptors (Lipinski definition) is 3. The molecule has 3 N–H and O–H groups in total. The predicted octanol–water partition coefficient (Wildman–Crippen LogP) is 1.66. The smallest absolute Gasteiger partial charge is 0.137 e. The SMILES string of the molecule is Cc1cc(F)c(Br)cc1NCC(O)CO. The van der Waals surface area contributed by atoms with E-state index in [4.69, 9.17) is 10.2 Å². The number of aliphatic hydroxyl groups is 2. The summed E-state index contributed by atoms with van der Waals surface area (Å²) in [5, 5.41) is 20.7. The van der Waals surface area contributed by atoms with Crippen molar-refractivity contribution in [3.05, 3.63) is 28.0 Å². The van der Waals surface area contributed by atoms with Gasteiger partial charge in [-0.05, 0) is 40.5 Å². The van der Waals surface area contributed by atoms with Crippen molar-refractivity contribution in [2.24, 2.45) is 0 Å². The molecule has 15 heavy (non-hydrogen) atoms. The van der Waals surface area contributed by atoms with Crippen molar-refractivity contribution in [1.82, 2.24) is 0 Å². The Hall–Kier alpha value is -0.650. The average molecular weight is 278 g/mol. The van der Waals surface area contributed by atoms with Crippen LogP contribution in [0.1, 0.15) is 5.56 Å². The number of halogens is 2. The molecule has 0 bridgehead atoms. The molecule has 84 valence electrons. The Kier molecular flexibility index (Phi) is 4.50. The summed E-state index contributed by atoms with van der Waals surface area (Å²) in [6, 6.07) is 3.01. The van der Waals surface area contributed by atoms with Gasteiger partial charge in [0.2, 0.25) is 0 Å². The minimum absolute atomic E-state index is 0.232. The molecule has 0 saturated heterocycles. The number of nitrogens with one attached hydrogen (secondary N) is 1. The lowest BCUT2D eigenvalue weighted by Crippen LogP contribution is -2.23. The lowest BCUT2D eigenvalue weighted by atomic mass is 10.2. The summed E-state index contributed by atoms with van der Waals surface area (Å²) < 4.78 is 13.4. The molecular formula is C10H13BrFNO2. The molecule has 0 aliphatic rings. The molecule has 1 aromatic carbocycles. The van der Waals surface area contributed by atoms with Gasteiger partial charge in [0, 0.05) is 12.2 Å². The highest BCUT2D eigenvalue weighted by Gasteiger charge is 2.06. The molecule has 1 unspecified atom stereocenters. The fourth-order valence-electron chi connectivity index (χ4n) is 1.13. The van der Waals surface area contributed by atoms with Crippen LogP contribution in [0.25, 0.3) is 0 Å². The second-order valence-corrected chi connectivity index (χ2v) is 4.15. The highest BCUT2D eigenvalue weighted by atomic mass is 79.9. The standard InChI is InChI=1S/C10H13BrFNO2/c1-6-2-9(12)8(11)3-10(6)13-4-7(15)5-14/h2-3,7,13-15H,4-5H2,1H3. The first-order valence-electron chi connectivity index (χ1n) is 4.53. The molecule has 3 nitrogen and oxygen atoms in total. The maximum absolute atomic E-state index is 13.1. The third-order valence-corrected chi connectivity index (χ3v) is 2.61. The van der Waals surface area contributed by atoms with Crippen LogP contribution in [0.2, 0.25) is 0 Å². The first-order chi connectivity index (χ1) is 7.04. The Morgan fingerprint density at radius 2 is 2.20 bits per heavy atom. The number of hydrogen-bond donors (Lipinski definition) is 3. The number of rotatable bonds is 4. The molecular weight excluding hydrogens is 265 g/mol. The zero-order chi connectivity index (χ0) is 11.4. The van der Waals surface area contributed by atoms with E-state index in [-0.39, 0.29) is 19.0 Å². The summed E-state index contributed by atoms with van der Waals surface area (Å²) in [7, 11) is 0. The van der Waals surface area contributed by atoms with E-state index >= 15 is 0 Å². The van der Waals surface area contributed by atoms with Crippen molar-refractivity contribution in [1.29, 1.82) is 0 Å². The topological polar surface area (TPSA) is 52.5 Å². The Balaban J connectivity index is 2.73. The van der Waals surface area contributed by atoms with Crippen LogP contribution in [0.15, 0.2) is 16.6 Å². The normalized spacial score (nSPS) is 12.6. The summed E-state index contributed by atoms with van der Waals surface area (Å²) >= 11 is 3.08. The summed E-state index contributed by atoms with van der Waals surface area (Å²) in [6.07, 6.45) is -0.812. The number of aryl methyl sites for hydroxylation is 1. The molecule has 0 spiro atoms. The number of benzene rings is 1. The minimum atomic E-state index is -0.812. The third-order valence-electron chi connectivity index (χ3n) is 2.01. The third kappa shape index (κ3) is 3.44. The second-order valence-electron chi connectivity index (χ2n) is 3.30. The van der Waals surface area contributed by atoms with Crippen molar-refractivity contribution in [3.8, 4) is 0 Å². The van der Waals surface area contributed by atoms with Gasteiger partial charge in [0.15, 0.2) is 0 Å². The molecule has 0 saturated carbocycles. The van der Waals surface area contributed by atoms with E-state index in [2.05, 4.69) is 21.2 Å². The number of aliphatic hydroxyl groups excluding tert-OH is 2. The van der Waals surface area contributed by atoms with Gasteiger partial charge in [0.05, 0.1) is 17.2 Å². The molecule has 0 amide bonds. The lowest BCUT2D eigenvalue weighted by Gasteiger charge is -2.13. The summed E-state index contributed by atoms with van der Waals surface area (Å²) in [6.45, 7) is 1.70. The van der Waals surface area contributed by atoms with E-state index in [1.54, 1.807) is 13.0 Å². The van der Waals surface area contributed by atoms with Crippen LogP contribution in [0, 0.1) is 12.7 Å². The van der Waals surface area contributed by atoms with Crippen molar-refractivity contribution in [2.75, 3.05) is 18.5 Å². The summed E-state index contributed by atoms with van der Waals surface area (Å²) in [4.78, 5) is 0. The van der Waals surface area contributed by atoms with Gasteiger partial charge in [-0.15, -0.1) is 0 Å². The minimum Gasteiger partial charge on any atom is -0.394 e. The van der Waals surface area contributed by atoms with Gasteiger partial charge in [0.25, 0.3) is 0 Å². The Morgan fingerprint density at radius 3 is 2.80 bits per heavy atom. The van der Waals surface area contributed by atoms with E-state index in [0.717, 1.165) is 11.3 Å². The first kappa shape index (κ1) is 12.4. The predicted molar refractivity (Wildman–Crippen MR) is 60.4 cm³/mol. The Labute approximate surface area is 96.1 Å². The zero-order valence-corrected chi connectivity index (χ0v) is 9.88. The molecule has 1 atom stereocenters. The van der Waals surface area contributed by atoms with Gasteiger partial charge in [-0.3, -0.25) is 0 Å². The molecule has 0 aliphatic carbocycles. The van der Waals surface area contributed by atoms with E-state index in [1.807, 2.05) is 0 Å². The Morgan fingerprint density at radius 1 is 1.53 bits per heavy atom. The van der Waals surface area contributed by atoms with E-state index in [0.29, 0.717) is 4.47 Å². The van der Waals surface area contributed by atoms with Crippen molar-refractivity contribution < 1.29 is 14.6 Å². The first-order valence-corrected chi connectivity index (χ1v) is 5.32. The van der Waals surface area contributed by atoms with Crippen LogP contribution in [0.4, 0.5) is 10.1 Å². The summed E-state index contributed by atoms with van der Waals surface area (Å²) in [5.74, 6) is -0.319. The van der Waals surface area contributed by atoms with Gasteiger partial charge < -0.3 is 15.5 Å². The van der Waals surface area contributed by atoms with Gasteiger partial charge >= 0.3 is 0 Å². The monoisotopic (exact) mass is 277 g/mol.